The fourth-order valence-corrected chi connectivity index (χ4v) is 2.54. The highest BCUT2D eigenvalue weighted by Gasteiger charge is 2.11. The van der Waals surface area contributed by atoms with Gasteiger partial charge in [-0.05, 0) is 31.2 Å². The number of nitrogens with one attached hydrogen (secondary N) is 2. The maximum absolute atomic E-state index is 12.2. The van der Waals surface area contributed by atoms with Crippen molar-refractivity contribution < 1.29 is 4.79 Å². The van der Waals surface area contributed by atoms with Gasteiger partial charge in [0.2, 0.25) is 0 Å². The standard InChI is InChI=1S/C17H20N4O.ClH/c1-13-3-2-4-14(11-13)17(22)20-16-6-5-15(12-19-16)21-9-7-18-8-10-21;/h2-6,11-12,18H,7-10H2,1H3,(H,19,20,22);1H. The van der Waals surface area contributed by atoms with E-state index >= 15 is 0 Å². The third-order valence-corrected chi connectivity index (χ3v) is 3.75. The summed E-state index contributed by atoms with van der Waals surface area (Å²) in [5, 5.41) is 6.16. The molecule has 1 aliphatic heterocycles. The maximum atomic E-state index is 12.2. The minimum Gasteiger partial charge on any atom is -0.368 e. The molecule has 1 fully saturated rings. The molecule has 1 aromatic heterocycles. The van der Waals surface area contributed by atoms with E-state index in [-0.39, 0.29) is 18.3 Å². The van der Waals surface area contributed by atoms with E-state index in [0.29, 0.717) is 11.4 Å². The molecular weight excluding hydrogens is 312 g/mol. The number of anilines is 2. The summed E-state index contributed by atoms with van der Waals surface area (Å²) in [4.78, 5) is 18.8. The predicted molar refractivity (Wildman–Crippen MR) is 95.7 cm³/mol. The molecule has 1 aromatic carbocycles. The zero-order valence-corrected chi connectivity index (χ0v) is 13.9. The Morgan fingerprint density at radius 3 is 2.65 bits per heavy atom. The second-order valence-corrected chi connectivity index (χ2v) is 5.46. The maximum Gasteiger partial charge on any atom is 0.256 e. The first kappa shape index (κ1) is 17.2. The fraction of sp³-hybridized carbons (Fsp3) is 0.294. The van der Waals surface area contributed by atoms with Crippen LogP contribution < -0.4 is 15.5 Å². The fourth-order valence-electron chi connectivity index (χ4n) is 2.54. The zero-order valence-electron chi connectivity index (χ0n) is 13.1. The molecule has 0 atom stereocenters. The van der Waals surface area contributed by atoms with Crippen LogP contribution in [0.4, 0.5) is 11.5 Å². The van der Waals surface area contributed by atoms with Gasteiger partial charge in [-0.3, -0.25) is 4.79 Å². The van der Waals surface area contributed by atoms with Crippen molar-refractivity contribution in [3.63, 3.8) is 0 Å². The molecule has 5 nitrogen and oxygen atoms in total. The Labute approximate surface area is 142 Å². The normalized spacial score (nSPS) is 14.0. The molecule has 2 aromatic rings. The van der Waals surface area contributed by atoms with Gasteiger partial charge in [-0.1, -0.05) is 17.7 Å². The third-order valence-electron chi connectivity index (χ3n) is 3.75. The highest BCUT2D eigenvalue weighted by Crippen LogP contribution is 2.16. The van der Waals surface area contributed by atoms with Gasteiger partial charge in [0, 0.05) is 31.7 Å². The van der Waals surface area contributed by atoms with E-state index in [1.807, 2.05) is 43.5 Å². The van der Waals surface area contributed by atoms with E-state index < -0.39 is 0 Å². The van der Waals surface area contributed by atoms with Gasteiger partial charge in [-0.15, -0.1) is 12.4 Å². The van der Waals surface area contributed by atoms with Crippen LogP contribution in [0.3, 0.4) is 0 Å². The largest absolute Gasteiger partial charge is 0.368 e. The van der Waals surface area contributed by atoms with Crippen molar-refractivity contribution in [3.05, 3.63) is 53.7 Å². The Balaban J connectivity index is 0.00000192. The Hall–Kier alpha value is -2.11. The molecule has 3 rings (SSSR count). The number of rotatable bonds is 3. The molecule has 1 amide bonds. The summed E-state index contributed by atoms with van der Waals surface area (Å²) in [6.07, 6.45) is 1.82. The van der Waals surface area contributed by atoms with Gasteiger partial charge in [-0.25, -0.2) is 4.98 Å². The molecule has 122 valence electrons. The molecule has 23 heavy (non-hydrogen) atoms. The Bertz CT molecular complexity index is 654. The molecule has 2 heterocycles. The van der Waals surface area contributed by atoms with Gasteiger partial charge in [0.05, 0.1) is 11.9 Å². The number of halogens is 1. The minimum absolute atomic E-state index is 0. The number of hydrogen-bond donors (Lipinski definition) is 2. The number of carbonyl (C=O) groups is 1. The van der Waals surface area contributed by atoms with Crippen LogP contribution in [-0.4, -0.2) is 37.1 Å². The second kappa shape index (κ2) is 7.94. The van der Waals surface area contributed by atoms with E-state index in [9.17, 15) is 4.79 Å². The van der Waals surface area contributed by atoms with E-state index in [0.717, 1.165) is 37.4 Å². The number of aromatic nitrogens is 1. The number of piperazine rings is 1. The van der Waals surface area contributed by atoms with Gasteiger partial charge in [0.1, 0.15) is 5.82 Å². The molecule has 1 aliphatic rings. The van der Waals surface area contributed by atoms with Crippen LogP contribution in [0.15, 0.2) is 42.6 Å². The van der Waals surface area contributed by atoms with Crippen LogP contribution in [0.1, 0.15) is 15.9 Å². The van der Waals surface area contributed by atoms with E-state index in [1.165, 1.54) is 0 Å². The van der Waals surface area contributed by atoms with Gasteiger partial charge in [-0.2, -0.15) is 0 Å². The summed E-state index contributed by atoms with van der Waals surface area (Å²) in [5.41, 5.74) is 2.80. The lowest BCUT2D eigenvalue weighted by atomic mass is 10.1. The summed E-state index contributed by atoms with van der Waals surface area (Å²) in [6, 6.07) is 11.4. The Morgan fingerprint density at radius 1 is 1.22 bits per heavy atom. The molecule has 0 spiro atoms. The number of nitrogens with zero attached hydrogens (tertiary/aromatic N) is 2. The zero-order chi connectivity index (χ0) is 15.4. The van der Waals surface area contributed by atoms with Gasteiger partial charge >= 0.3 is 0 Å². The van der Waals surface area contributed by atoms with Crippen LogP contribution in [0, 0.1) is 6.92 Å². The first-order valence-electron chi connectivity index (χ1n) is 7.52. The molecule has 0 bridgehead atoms. The van der Waals surface area contributed by atoms with Gasteiger partial charge in [0.25, 0.3) is 5.91 Å². The average Bonchev–Trinajstić information content (AvgIpc) is 2.56. The predicted octanol–water partition coefficient (Wildman–Crippen LogP) is 2.47. The van der Waals surface area contributed by atoms with Crippen LogP contribution in [0.5, 0.6) is 0 Å². The lowest BCUT2D eigenvalue weighted by Crippen LogP contribution is -2.43. The minimum atomic E-state index is -0.133. The molecule has 0 aliphatic carbocycles. The third kappa shape index (κ3) is 4.43. The lowest BCUT2D eigenvalue weighted by Gasteiger charge is -2.29. The van der Waals surface area contributed by atoms with Crippen molar-refractivity contribution in [3.8, 4) is 0 Å². The number of pyridine rings is 1. The molecule has 2 N–H and O–H groups in total. The number of aryl methyl sites for hydroxylation is 1. The van der Waals surface area contributed by atoms with Crippen molar-refractivity contribution in [2.24, 2.45) is 0 Å². The van der Waals surface area contributed by atoms with Crippen molar-refractivity contribution >= 4 is 29.8 Å². The second-order valence-electron chi connectivity index (χ2n) is 5.46. The molecule has 0 radical (unpaired) electrons. The monoisotopic (exact) mass is 332 g/mol. The molecule has 6 heteroatoms. The Morgan fingerprint density at radius 2 is 2.00 bits per heavy atom. The van der Waals surface area contributed by atoms with Crippen molar-refractivity contribution in [2.75, 3.05) is 36.4 Å². The van der Waals surface area contributed by atoms with Gasteiger partial charge < -0.3 is 15.5 Å². The SMILES string of the molecule is Cc1cccc(C(=O)Nc2ccc(N3CCNCC3)cn2)c1.Cl. The average molecular weight is 333 g/mol. The van der Waals surface area contributed by atoms with E-state index in [2.05, 4.69) is 20.5 Å². The Kier molecular flexibility index (Phi) is 5.96. The van der Waals surface area contributed by atoms with Gasteiger partial charge in [0.15, 0.2) is 0 Å². The smallest absolute Gasteiger partial charge is 0.256 e. The molecule has 0 unspecified atom stereocenters. The van der Waals surface area contributed by atoms with Crippen molar-refractivity contribution in [2.45, 2.75) is 6.92 Å². The molecule has 1 saturated heterocycles. The van der Waals surface area contributed by atoms with Crippen LogP contribution in [0.25, 0.3) is 0 Å². The topological polar surface area (TPSA) is 57.3 Å². The summed E-state index contributed by atoms with van der Waals surface area (Å²) in [6.45, 7) is 5.92. The number of hydrogen-bond acceptors (Lipinski definition) is 4. The highest BCUT2D eigenvalue weighted by atomic mass is 35.5. The quantitative estimate of drug-likeness (QED) is 0.906. The molecular formula is C17H21ClN4O. The van der Waals surface area contributed by atoms with Crippen LogP contribution in [0.2, 0.25) is 0 Å². The first-order valence-corrected chi connectivity index (χ1v) is 7.52. The molecule has 0 saturated carbocycles. The first-order chi connectivity index (χ1) is 10.7. The summed E-state index contributed by atoms with van der Waals surface area (Å²) in [5.74, 6) is 0.441. The van der Waals surface area contributed by atoms with Crippen molar-refractivity contribution in [1.29, 1.82) is 0 Å². The van der Waals surface area contributed by atoms with Crippen LogP contribution >= 0.6 is 12.4 Å². The summed E-state index contributed by atoms with van der Waals surface area (Å²) < 4.78 is 0. The van der Waals surface area contributed by atoms with Crippen molar-refractivity contribution in [1.82, 2.24) is 10.3 Å². The summed E-state index contributed by atoms with van der Waals surface area (Å²) >= 11 is 0. The number of carbonyl (C=O) groups excluding carboxylic acids is 1. The van der Waals surface area contributed by atoms with E-state index in [4.69, 9.17) is 0 Å². The lowest BCUT2D eigenvalue weighted by molar-refractivity contribution is 0.102. The highest BCUT2D eigenvalue weighted by molar-refractivity contribution is 6.03. The summed E-state index contributed by atoms with van der Waals surface area (Å²) in [7, 11) is 0. The number of benzene rings is 1. The van der Waals surface area contributed by atoms with Crippen LogP contribution in [-0.2, 0) is 0 Å². The van der Waals surface area contributed by atoms with E-state index in [1.54, 1.807) is 6.07 Å². The number of amides is 1.